The van der Waals surface area contributed by atoms with Crippen LogP contribution >= 0.6 is 0 Å². The molecule has 0 radical (unpaired) electrons. The number of esters is 1. The molecule has 0 spiro atoms. The molecule has 10 unspecified atom stereocenters. The normalized spacial score (nSPS) is 39.6. The van der Waals surface area contributed by atoms with Crippen LogP contribution in [0.15, 0.2) is 30.3 Å². The van der Waals surface area contributed by atoms with Crippen molar-refractivity contribution in [1.29, 1.82) is 0 Å². The topological polar surface area (TPSA) is 175 Å². The van der Waals surface area contributed by atoms with E-state index in [0.717, 1.165) is 0 Å². The molecule has 0 aromatic heterocycles. The molecule has 2 aliphatic heterocycles. The molecule has 11 nitrogen and oxygen atoms in total. The summed E-state index contributed by atoms with van der Waals surface area (Å²) in [4.78, 5) is 12.5. The zero-order valence-corrected chi connectivity index (χ0v) is 16.8. The molecule has 11 heteroatoms. The van der Waals surface area contributed by atoms with Crippen molar-refractivity contribution in [2.75, 3.05) is 13.2 Å². The van der Waals surface area contributed by atoms with Gasteiger partial charge in [0.15, 0.2) is 6.29 Å². The van der Waals surface area contributed by atoms with Crippen molar-refractivity contribution in [1.82, 2.24) is 0 Å². The summed E-state index contributed by atoms with van der Waals surface area (Å²) in [5.74, 6) is -1.38. The van der Waals surface area contributed by atoms with Crippen molar-refractivity contribution in [2.45, 2.75) is 68.1 Å². The van der Waals surface area contributed by atoms with Gasteiger partial charge in [0.2, 0.25) is 6.29 Å². The second kappa shape index (κ2) is 10.3. The van der Waals surface area contributed by atoms with Gasteiger partial charge in [-0.05, 0) is 12.5 Å². The summed E-state index contributed by atoms with van der Waals surface area (Å²) in [6.45, 7) is 0.897. The van der Waals surface area contributed by atoms with Crippen molar-refractivity contribution >= 4 is 5.97 Å². The third-order valence-corrected chi connectivity index (χ3v) is 5.43. The van der Waals surface area contributed by atoms with Gasteiger partial charge in [-0.2, -0.15) is 0 Å². The Kier molecular flexibility index (Phi) is 7.97. The highest BCUT2D eigenvalue weighted by Gasteiger charge is 2.47. The van der Waals surface area contributed by atoms with Gasteiger partial charge in [0.25, 0.3) is 0 Å². The lowest BCUT2D eigenvalue weighted by Crippen LogP contribution is -2.60. The van der Waals surface area contributed by atoms with E-state index in [4.69, 9.17) is 18.9 Å². The average molecular weight is 444 g/mol. The summed E-state index contributed by atoms with van der Waals surface area (Å²) in [5, 5.41) is 59.6. The summed E-state index contributed by atoms with van der Waals surface area (Å²) in [7, 11) is 0. The molecule has 2 saturated heterocycles. The second-order valence-corrected chi connectivity index (χ2v) is 7.67. The van der Waals surface area contributed by atoms with Crippen LogP contribution in [0.5, 0.6) is 0 Å². The van der Waals surface area contributed by atoms with Crippen LogP contribution in [0.3, 0.4) is 0 Å². The second-order valence-electron chi connectivity index (χ2n) is 7.67. The quantitative estimate of drug-likeness (QED) is 0.258. The first-order valence-electron chi connectivity index (χ1n) is 9.93. The number of carbonyl (C=O) groups is 1. The summed E-state index contributed by atoms with van der Waals surface area (Å²) in [6.07, 6.45) is -13.5. The highest BCUT2D eigenvalue weighted by molar-refractivity contribution is 5.77. The monoisotopic (exact) mass is 444 g/mol. The van der Waals surface area contributed by atoms with E-state index >= 15 is 0 Å². The molecule has 1 aromatic rings. The number of aliphatic hydroxyl groups excluding tert-OH is 6. The number of benzene rings is 1. The zero-order valence-electron chi connectivity index (χ0n) is 16.8. The zero-order chi connectivity index (χ0) is 22.7. The SMILES string of the molecule is CC(C(=O)OC1OC(COC2OCC(O)C(O)C2O)C(O)C(O)C1O)c1ccccc1. The van der Waals surface area contributed by atoms with Crippen LogP contribution in [-0.2, 0) is 23.7 Å². The van der Waals surface area contributed by atoms with Crippen LogP contribution in [0.1, 0.15) is 18.4 Å². The van der Waals surface area contributed by atoms with Crippen LogP contribution in [0, 0.1) is 0 Å². The largest absolute Gasteiger partial charge is 0.432 e. The Hall–Kier alpha value is -1.67. The van der Waals surface area contributed by atoms with Crippen molar-refractivity contribution in [2.24, 2.45) is 0 Å². The molecule has 0 bridgehead atoms. The lowest BCUT2D eigenvalue weighted by molar-refractivity contribution is -0.315. The molecule has 31 heavy (non-hydrogen) atoms. The molecular formula is C20H28O11. The van der Waals surface area contributed by atoms with Crippen LogP contribution in [-0.4, -0.2) is 105 Å². The van der Waals surface area contributed by atoms with Crippen LogP contribution in [0.4, 0.5) is 0 Å². The minimum atomic E-state index is -1.70. The Balaban J connectivity index is 1.60. The fourth-order valence-corrected chi connectivity index (χ4v) is 3.36. The summed E-state index contributed by atoms with van der Waals surface area (Å²) < 4.78 is 21.1. The van der Waals surface area contributed by atoms with Gasteiger partial charge in [-0.25, -0.2) is 0 Å². The molecule has 2 fully saturated rings. The van der Waals surface area contributed by atoms with E-state index < -0.39 is 73.8 Å². The van der Waals surface area contributed by atoms with Crippen molar-refractivity contribution < 1.29 is 54.4 Å². The van der Waals surface area contributed by atoms with E-state index in [-0.39, 0.29) is 6.61 Å². The first-order chi connectivity index (χ1) is 14.7. The maximum absolute atomic E-state index is 12.5. The van der Waals surface area contributed by atoms with Gasteiger partial charge < -0.3 is 49.6 Å². The van der Waals surface area contributed by atoms with Crippen LogP contribution in [0.25, 0.3) is 0 Å². The molecule has 6 N–H and O–H groups in total. The standard InChI is InChI=1S/C20H28O11/c1-9(10-5-3-2-4-6-10)18(27)31-20-17(26)15(24)14(23)12(30-20)8-29-19-16(25)13(22)11(21)7-28-19/h2-6,9,11-17,19-26H,7-8H2,1H3. The fraction of sp³-hybridized carbons (Fsp3) is 0.650. The number of hydrogen-bond acceptors (Lipinski definition) is 11. The molecule has 2 aliphatic rings. The smallest absolute Gasteiger partial charge is 0.315 e. The Bertz CT molecular complexity index is 716. The predicted octanol–water partition coefficient (Wildman–Crippen LogP) is -2.40. The summed E-state index contributed by atoms with van der Waals surface area (Å²) in [6, 6.07) is 8.79. The van der Waals surface area contributed by atoms with Gasteiger partial charge in [0.05, 0.1) is 19.1 Å². The molecule has 3 rings (SSSR count). The average Bonchev–Trinajstić information content (AvgIpc) is 2.78. The Labute approximate surface area is 178 Å². The Morgan fingerprint density at radius 1 is 0.968 bits per heavy atom. The van der Waals surface area contributed by atoms with Gasteiger partial charge in [0.1, 0.15) is 42.7 Å². The van der Waals surface area contributed by atoms with Gasteiger partial charge in [-0.15, -0.1) is 0 Å². The van der Waals surface area contributed by atoms with Gasteiger partial charge in [-0.3, -0.25) is 4.79 Å². The van der Waals surface area contributed by atoms with E-state index in [9.17, 15) is 35.4 Å². The maximum atomic E-state index is 12.5. The van der Waals surface area contributed by atoms with Crippen LogP contribution < -0.4 is 0 Å². The van der Waals surface area contributed by atoms with E-state index in [2.05, 4.69) is 0 Å². The molecule has 10 atom stereocenters. The first-order valence-corrected chi connectivity index (χ1v) is 9.93. The molecule has 174 valence electrons. The number of carbonyl (C=O) groups excluding carboxylic acids is 1. The summed E-state index contributed by atoms with van der Waals surface area (Å²) in [5.41, 5.74) is 0.683. The molecule has 0 aliphatic carbocycles. The summed E-state index contributed by atoms with van der Waals surface area (Å²) >= 11 is 0. The fourth-order valence-electron chi connectivity index (χ4n) is 3.36. The van der Waals surface area contributed by atoms with E-state index in [1.54, 1.807) is 37.3 Å². The van der Waals surface area contributed by atoms with E-state index in [1.807, 2.05) is 0 Å². The first kappa shape index (κ1) is 24.0. The maximum Gasteiger partial charge on any atom is 0.315 e. The molecule has 1 aromatic carbocycles. The highest BCUT2D eigenvalue weighted by Crippen LogP contribution is 2.26. The minimum absolute atomic E-state index is 0.282. The van der Waals surface area contributed by atoms with Gasteiger partial charge in [-0.1, -0.05) is 30.3 Å². The third kappa shape index (κ3) is 5.40. The number of ether oxygens (including phenoxy) is 4. The molecule has 0 saturated carbocycles. The third-order valence-electron chi connectivity index (χ3n) is 5.43. The lowest BCUT2D eigenvalue weighted by Gasteiger charge is -2.41. The number of hydrogen-bond donors (Lipinski definition) is 6. The minimum Gasteiger partial charge on any atom is -0.432 e. The number of rotatable bonds is 6. The van der Waals surface area contributed by atoms with Crippen molar-refractivity contribution in [3.63, 3.8) is 0 Å². The van der Waals surface area contributed by atoms with E-state index in [1.165, 1.54) is 0 Å². The Morgan fingerprint density at radius 2 is 1.61 bits per heavy atom. The molecule has 2 heterocycles. The van der Waals surface area contributed by atoms with Crippen molar-refractivity contribution in [3.05, 3.63) is 35.9 Å². The molecule has 0 amide bonds. The Morgan fingerprint density at radius 3 is 2.29 bits per heavy atom. The molecular weight excluding hydrogens is 416 g/mol. The highest BCUT2D eigenvalue weighted by atomic mass is 16.7. The van der Waals surface area contributed by atoms with E-state index in [0.29, 0.717) is 5.56 Å². The lowest BCUT2D eigenvalue weighted by atomic mass is 9.98. The van der Waals surface area contributed by atoms with Gasteiger partial charge in [0, 0.05) is 0 Å². The predicted molar refractivity (Wildman–Crippen MR) is 101 cm³/mol. The number of aliphatic hydroxyl groups is 6. The van der Waals surface area contributed by atoms with Crippen molar-refractivity contribution in [3.8, 4) is 0 Å². The van der Waals surface area contributed by atoms with Gasteiger partial charge >= 0.3 is 5.97 Å². The van der Waals surface area contributed by atoms with Crippen LogP contribution in [0.2, 0.25) is 0 Å².